The van der Waals surface area contributed by atoms with Crippen LogP contribution in [0, 0.1) is 0 Å². The summed E-state index contributed by atoms with van der Waals surface area (Å²) in [5, 5.41) is 6.18. The van der Waals surface area contributed by atoms with Gasteiger partial charge in [0.25, 0.3) is 0 Å². The maximum Gasteiger partial charge on any atom is 0.224 e. The van der Waals surface area contributed by atoms with E-state index in [1.807, 2.05) is 12.3 Å². The number of imidazole rings is 1. The maximum atomic E-state index is 5.65. The number of aromatic nitrogens is 5. The van der Waals surface area contributed by atoms with Crippen molar-refractivity contribution in [3.05, 3.63) is 22.9 Å². The summed E-state index contributed by atoms with van der Waals surface area (Å²) >= 11 is 1.59. The van der Waals surface area contributed by atoms with Gasteiger partial charge in [-0.05, 0) is 6.92 Å². The molecule has 0 aliphatic carbocycles. The number of nitrogen functional groups attached to an aromatic ring is 1. The Hall–Kier alpha value is -2.22. The number of hydrogen-bond donors (Lipinski definition) is 3. The first-order valence-corrected chi connectivity index (χ1v) is 6.24. The van der Waals surface area contributed by atoms with Crippen LogP contribution in [0.2, 0.25) is 0 Å². The third-order valence-electron chi connectivity index (χ3n) is 2.48. The molecule has 0 saturated carbocycles. The zero-order chi connectivity index (χ0) is 12.5. The van der Waals surface area contributed by atoms with Crippen LogP contribution < -0.4 is 11.1 Å². The van der Waals surface area contributed by atoms with Gasteiger partial charge in [-0.3, -0.25) is 0 Å². The van der Waals surface area contributed by atoms with Crippen molar-refractivity contribution in [3.8, 4) is 0 Å². The molecule has 3 aromatic heterocycles. The van der Waals surface area contributed by atoms with Gasteiger partial charge in [0.1, 0.15) is 10.5 Å². The molecule has 1 unspecified atom stereocenters. The first-order valence-electron chi connectivity index (χ1n) is 5.36. The minimum absolute atomic E-state index is 0.0470. The summed E-state index contributed by atoms with van der Waals surface area (Å²) in [6.45, 7) is 2.01. The lowest BCUT2D eigenvalue weighted by Crippen LogP contribution is -2.09. The molecule has 0 fully saturated rings. The Morgan fingerprint density at radius 2 is 2.28 bits per heavy atom. The molecule has 1 atom stereocenters. The highest BCUT2D eigenvalue weighted by Crippen LogP contribution is 2.24. The van der Waals surface area contributed by atoms with Crippen LogP contribution in [0.15, 0.2) is 17.9 Å². The predicted molar refractivity (Wildman–Crippen MR) is 70.2 cm³/mol. The minimum Gasteiger partial charge on any atom is -0.368 e. The predicted octanol–water partition coefficient (Wildman–Crippen LogP) is 1.56. The number of nitrogens with zero attached hydrogens (tertiary/aromatic N) is 4. The number of H-pyrrole nitrogens is 1. The number of rotatable bonds is 3. The standard InChI is InChI=1S/C10H11N7S/c1-5(9-12-2-3-18-9)15-8-6-7(14-4-13-6)16-10(11)17-8/h2-5H,1H3,(H4,11,13,14,15,16,17). The maximum absolute atomic E-state index is 5.65. The summed E-state index contributed by atoms with van der Waals surface area (Å²) in [4.78, 5) is 19.5. The molecule has 3 heterocycles. The van der Waals surface area contributed by atoms with E-state index in [2.05, 4.69) is 30.2 Å². The lowest BCUT2D eigenvalue weighted by Gasteiger charge is -2.12. The van der Waals surface area contributed by atoms with Gasteiger partial charge < -0.3 is 16.0 Å². The van der Waals surface area contributed by atoms with E-state index in [-0.39, 0.29) is 12.0 Å². The molecule has 0 saturated heterocycles. The molecule has 0 amide bonds. The van der Waals surface area contributed by atoms with Gasteiger partial charge in [0.2, 0.25) is 5.95 Å². The molecular formula is C10H11N7S. The average Bonchev–Trinajstić information content (AvgIpc) is 2.98. The van der Waals surface area contributed by atoms with Crippen LogP contribution in [0.1, 0.15) is 18.0 Å². The number of nitrogens with two attached hydrogens (primary N) is 1. The van der Waals surface area contributed by atoms with Crippen LogP contribution in [0.3, 0.4) is 0 Å². The van der Waals surface area contributed by atoms with E-state index < -0.39 is 0 Å². The molecule has 8 heteroatoms. The molecule has 0 bridgehead atoms. The fourth-order valence-electron chi connectivity index (χ4n) is 1.67. The van der Waals surface area contributed by atoms with Crippen LogP contribution in [0.5, 0.6) is 0 Å². The molecule has 0 radical (unpaired) electrons. The SMILES string of the molecule is CC(Nc1nc(N)nc2nc[nH]c12)c1nccs1. The van der Waals surface area contributed by atoms with E-state index in [0.717, 1.165) is 10.5 Å². The summed E-state index contributed by atoms with van der Waals surface area (Å²) in [6, 6.07) is 0.0470. The van der Waals surface area contributed by atoms with Crippen molar-refractivity contribution in [2.24, 2.45) is 0 Å². The van der Waals surface area contributed by atoms with Gasteiger partial charge in [-0.1, -0.05) is 0 Å². The quantitative estimate of drug-likeness (QED) is 0.660. The van der Waals surface area contributed by atoms with Gasteiger partial charge in [0, 0.05) is 11.6 Å². The van der Waals surface area contributed by atoms with Crippen molar-refractivity contribution in [1.82, 2.24) is 24.9 Å². The number of aromatic amines is 1. The van der Waals surface area contributed by atoms with Crippen molar-refractivity contribution in [2.75, 3.05) is 11.1 Å². The Labute approximate surface area is 107 Å². The molecule has 7 nitrogen and oxygen atoms in total. The third kappa shape index (κ3) is 1.86. The second kappa shape index (κ2) is 4.22. The Kier molecular flexibility index (Phi) is 2.56. The fourth-order valence-corrected chi connectivity index (χ4v) is 2.32. The van der Waals surface area contributed by atoms with E-state index in [9.17, 15) is 0 Å². The van der Waals surface area contributed by atoms with Gasteiger partial charge in [0.15, 0.2) is 11.5 Å². The first-order chi connectivity index (χ1) is 8.74. The second-order valence-electron chi connectivity index (χ2n) is 3.77. The second-order valence-corrected chi connectivity index (χ2v) is 4.69. The summed E-state index contributed by atoms with van der Waals surface area (Å²) in [7, 11) is 0. The lowest BCUT2D eigenvalue weighted by atomic mass is 10.3. The Morgan fingerprint density at radius 1 is 1.39 bits per heavy atom. The van der Waals surface area contributed by atoms with Crippen molar-refractivity contribution in [2.45, 2.75) is 13.0 Å². The number of fused-ring (bicyclic) bond motifs is 1. The molecule has 0 aliphatic heterocycles. The van der Waals surface area contributed by atoms with Crippen LogP contribution in [0.25, 0.3) is 11.2 Å². The van der Waals surface area contributed by atoms with Crippen LogP contribution in [0.4, 0.5) is 11.8 Å². The van der Waals surface area contributed by atoms with Crippen LogP contribution >= 0.6 is 11.3 Å². The number of thiazole rings is 1. The number of nitrogens with one attached hydrogen (secondary N) is 2. The van der Waals surface area contributed by atoms with Crippen LogP contribution in [-0.4, -0.2) is 24.9 Å². The normalized spacial score (nSPS) is 12.7. The highest BCUT2D eigenvalue weighted by molar-refractivity contribution is 7.09. The van der Waals surface area contributed by atoms with Gasteiger partial charge in [-0.2, -0.15) is 9.97 Å². The zero-order valence-corrected chi connectivity index (χ0v) is 10.4. The number of hydrogen-bond acceptors (Lipinski definition) is 7. The van der Waals surface area contributed by atoms with E-state index in [1.54, 1.807) is 23.9 Å². The van der Waals surface area contributed by atoms with Gasteiger partial charge in [-0.15, -0.1) is 11.3 Å². The highest BCUT2D eigenvalue weighted by atomic mass is 32.1. The Bertz CT molecular complexity index is 660. The summed E-state index contributed by atoms with van der Waals surface area (Å²) in [5.74, 6) is 0.834. The first kappa shape index (κ1) is 10.9. The summed E-state index contributed by atoms with van der Waals surface area (Å²) in [5.41, 5.74) is 6.94. The molecule has 0 aliphatic rings. The van der Waals surface area contributed by atoms with E-state index in [0.29, 0.717) is 11.5 Å². The van der Waals surface area contributed by atoms with Gasteiger partial charge >= 0.3 is 0 Å². The third-order valence-corrected chi connectivity index (χ3v) is 3.44. The molecule has 92 valence electrons. The van der Waals surface area contributed by atoms with Crippen molar-refractivity contribution in [1.29, 1.82) is 0 Å². The topological polar surface area (TPSA) is 105 Å². The molecule has 3 rings (SSSR count). The van der Waals surface area contributed by atoms with E-state index >= 15 is 0 Å². The molecule has 4 N–H and O–H groups in total. The van der Waals surface area contributed by atoms with E-state index in [4.69, 9.17) is 5.73 Å². The van der Waals surface area contributed by atoms with Crippen molar-refractivity contribution >= 4 is 34.3 Å². The Morgan fingerprint density at radius 3 is 3.06 bits per heavy atom. The fraction of sp³-hybridized carbons (Fsp3) is 0.200. The van der Waals surface area contributed by atoms with Crippen molar-refractivity contribution in [3.63, 3.8) is 0 Å². The van der Waals surface area contributed by atoms with Crippen LogP contribution in [-0.2, 0) is 0 Å². The number of anilines is 2. The molecule has 18 heavy (non-hydrogen) atoms. The highest BCUT2D eigenvalue weighted by Gasteiger charge is 2.13. The molecular weight excluding hydrogens is 250 g/mol. The smallest absolute Gasteiger partial charge is 0.224 e. The minimum atomic E-state index is 0.0470. The van der Waals surface area contributed by atoms with Crippen molar-refractivity contribution < 1.29 is 0 Å². The van der Waals surface area contributed by atoms with Gasteiger partial charge in [-0.25, -0.2) is 9.97 Å². The molecule has 0 spiro atoms. The molecule has 3 aromatic rings. The summed E-state index contributed by atoms with van der Waals surface area (Å²) < 4.78 is 0. The lowest BCUT2D eigenvalue weighted by molar-refractivity contribution is 0.862. The summed E-state index contributed by atoms with van der Waals surface area (Å²) in [6.07, 6.45) is 3.34. The largest absolute Gasteiger partial charge is 0.368 e. The molecule has 0 aromatic carbocycles. The monoisotopic (exact) mass is 261 g/mol. The van der Waals surface area contributed by atoms with E-state index in [1.165, 1.54) is 0 Å². The van der Waals surface area contributed by atoms with Gasteiger partial charge in [0.05, 0.1) is 12.4 Å². The average molecular weight is 261 g/mol. The zero-order valence-electron chi connectivity index (χ0n) is 9.58. The Balaban J connectivity index is 1.97.